The molecule has 2 saturated heterocycles. The minimum absolute atomic E-state index is 0.452. The first-order chi connectivity index (χ1) is 20.0. The Morgan fingerprint density at radius 2 is 1.93 bits per heavy atom. The Hall–Kier alpha value is -3.23. The lowest BCUT2D eigenvalue weighted by Gasteiger charge is -2.36. The molecule has 1 saturated carbocycles. The second-order valence-electron chi connectivity index (χ2n) is 12.6. The summed E-state index contributed by atoms with van der Waals surface area (Å²) in [5, 5.41) is 2.77. The molecular formula is C36H46N4O. The first-order valence-corrected chi connectivity index (χ1v) is 15.7. The van der Waals surface area contributed by atoms with Gasteiger partial charge in [0, 0.05) is 55.8 Å². The molecule has 0 radical (unpaired) electrons. The van der Waals surface area contributed by atoms with Crippen LogP contribution in [0.4, 0.5) is 5.69 Å². The maximum Gasteiger partial charge on any atom is 0.206 e. The fraction of sp³-hybridized carbons (Fsp3) is 0.528. The highest BCUT2D eigenvalue weighted by atomic mass is 16.5. The molecule has 1 unspecified atom stereocenters. The Morgan fingerprint density at radius 1 is 1.10 bits per heavy atom. The van der Waals surface area contributed by atoms with Crippen LogP contribution in [0.15, 0.2) is 65.1 Å². The summed E-state index contributed by atoms with van der Waals surface area (Å²) < 4.78 is 6.19. The molecule has 5 heteroatoms. The van der Waals surface area contributed by atoms with Crippen molar-refractivity contribution in [1.82, 2.24) is 9.80 Å². The zero-order valence-corrected chi connectivity index (χ0v) is 25.3. The number of anilines is 1. The molecule has 0 bridgehead atoms. The summed E-state index contributed by atoms with van der Waals surface area (Å²) in [5.74, 6) is 8.47. The molecular weight excluding hydrogens is 504 g/mol. The number of rotatable bonds is 9. The minimum atomic E-state index is 0.452. The van der Waals surface area contributed by atoms with Crippen LogP contribution in [0, 0.1) is 17.8 Å². The van der Waals surface area contributed by atoms with Crippen molar-refractivity contribution in [3.8, 4) is 11.8 Å². The van der Waals surface area contributed by atoms with Gasteiger partial charge in [-0.15, -0.1) is 11.8 Å². The SMILES string of the molecule is C=C(/N=C1/CN(c2cccc3cccc(C4CC4)c23)CC/C1=C(/C)N(C)CC1CC#CCC1)OC[C@@H]1CCCN1C. The van der Waals surface area contributed by atoms with Crippen LogP contribution in [0.5, 0.6) is 0 Å². The van der Waals surface area contributed by atoms with Crippen molar-refractivity contribution in [2.45, 2.75) is 70.3 Å². The first kappa shape index (κ1) is 27.9. The molecule has 5 nitrogen and oxygen atoms in total. The van der Waals surface area contributed by atoms with Crippen molar-refractivity contribution in [3.63, 3.8) is 0 Å². The number of aliphatic imine (C=N–C) groups is 1. The molecule has 0 spiro atoms. The smallest absolute Gasteiger partial charge is 0.206 e. The molecule has 0 amide bonds. The van der Waals surface area contributed by atoms with Crippen LogP contribution in [0.2, 0.25) is 0 Å². The Kier molecular flexibility index (Phi) is 8.40. The molecule has 2 aliphatic carbocycles. The van der Waals surface area contributed by atoms with E-state index in [4.69, 9.17) is 9.73 Å². The van der Waals surface area contributed by atoms with Gasteiger partial charge in [0.2, 0.25) is 5.88 Å². The fourth-order valence-corrected chi connectivity index (χ4v) is 6.95. The van der Waals surface area contributed by atoms with Crippen LogP contribution in [0.3, 0.4) is 0 Å². The van der Waals surface area contributed by atoms with Gasteiger partial charge in [-0.05, 0) is 100 Å². The molecule has 41 heavy (non-hydrogen) atoms. The monoisotopic (exact) mass is 550 g/mol. The third-order valence-electron chi connectivity index (χ3n) is 9.70. The number of ether oxygens (including phenoxy) is 1. The zero-order chi connectivity index (χ0) is 28.3. The molecule has 4 aliphatic rings. The Labute approximate surface area is 246 Å². The van der Waals surface area contributed by atoms with Crippen LogP contribution in [-0.4, -0.2) is 68.4 Å². The lowest BCUT2D eigenvalue weighted by atomic mass is 9.93. The Morgan fingerprint density at radius 3 is 2.66 bits per heavy atom. The number of piperidine rings is 1. The van der Waals surface area contributed by atoms with E-state index in [1.54, 1.807) is 0 Å². The van der Waals surface area contributed by atoms with Gasteiger partial charge in [-0.2, -0.15) is 0 Å². The van der Waals surface area contributed by atoms with Gasteiger partial charge in [0.15, 0.2) is 0 Å². The summed E-state index contributed by atoms with van der Waals surface area (Å²) in [7, 11) is 4.43. The number of benzene rings is 2. The third kappa shape index (κ3) is 6.33. The maximum absolute atomic E-state index is 6.19. The standard InChI is InChI=1S/C36H46N4O/c1-26(39(4)23-28-11-6-5-7-12-28)32-20-22-40(24-34(32)37-27(2)41-25-31-15-10-21-38(31)3)35-17-9-14-30-13-8-16-33(36(30)35)29-18-19-29/h8-9,13-14,16-17,28-29,31H,2,6,10-12,15,18-25H2,1,3-4H3/b32-26+,37-34-/t28?,31-/m0/s1. The average molecular weight is 551 g/mol. The molecule has 2 aliphatic heterocycles. The largest absolute Gasteiger partial charge is 0.476 e. The number of hydrogen-bond acceptors (Lipinski definition) is 5. The number of allylic oxidation sites excluding steroid dienone is 1. The van der Waals surface area contributed by atoms with E-state index in [2.05, 4.69) is 90.5 Å². The second kappa shape index (κ2) is 12.3. The lowest BCUT2D eigenvalue weighted by molar-refractivity contribution is 0.139. The van der Waals surface area contributed by atoms with Crippen LogP contribution in [0.25, 0.3) is 10.8 Å². The topological polar surface area (TPSA) is 31.3 Å². The van der Waals surface area contributed by atoms with E-state index in [1.807, 2.05) is 0 Å². The highest BCUT2D eigenvalue weighted by Gasteiger charge is 2.30. The molecule has 2 aromatic rings. The summed E-state index contributed by atoms with van der Waals surface area (Å²) in [5.41, 5.74) is 6.60. The summed E-state index contributed by atoms with van der Waals surface area (Å²) in [6.45, 7) is 11.1. The number of hydrogen-bond donors (Lipinski definition) is 0. The number of nitrogens with zero attached hydrogens (tertiary/aromatic N) is 4. The van der Waals surface area contributed by atoms with E-state index in [-0.39, 0.29) is 0 Å². The van der Waals surface area contributed by atoms with Gasteiger partial charge < -0.3 is 19.4 Å². The van der Waals surface area contributed by atoms with Crippen molar-refractivity contribution in [2.24, 2.45) is 10.9 Å². The summed E-state index contributed by atoms with van der Waals surface area (Å²) in [4.78, 5) is 12.5. The Balaban J connectivity index is 1.28. The average Bonchev–Trinajstić information content (AvgIpc) is 3.76. The van der Waals surface area contributed by atoms with Crippen molar-refractivity contribution in [1.29, 1.82) is 0 Å². The number of fused-ring (bicyclic) bond motifs is 1. The van der Waals surface area contributed by atoms with Crippen LogP contribution >= 0.6 is 0 Å². The maximum atomic E-state index is 6.19. The quantitative estimate of drug-likeness (QED) is 0.250. The molecule has 3 fully saturated rings. The van der Waals surface area contributed by atoms with Crippen LogP contribution < -0.4 is 4.90 Å². The molecule has 0 aromatic heterocycles. The van der Waals surface area contributed by atoms with Gasteiger partial charge in [0.25, 0.3) is 0 Å². The molecule has 2 aromatic carbocycles. The summed E-state index contributed by atoms with van der Waals surface area (Å²) in [6, 6.07) is 14.1. The molecule has 6 rings (SSSR count). The predicted octanol–water partition coefficient (Wildman–Crippen LogP) is 6.96. The predicted molar refractivity (Wildman–Crippen MR) is 171 cm³/mol. The van der Waals surface area contributed by atoms with Crippen LogP contribution in [-0.2, 0) is 4.74 Å². The van der Waals surface area contributed by atoms with Gasteiger partial charge in [0.05, 0.1) is 12.3 Å². The first-order valence-electron chi connectivity index (χ1n) is 15.7. The molecule has 0 N–H and O–H groups in total. The van der Waals surface area contributed by atoms with E-state index >= 15 is 0 Å². The van der Waals surface area contributed by atoms with Gasteiger partial charge in [-0.25, -0.2) is 4.99 Å². The minimum Gasteiger partial charge on any atom is -0.476 e. The van der Waals surface area contributed by atoms with E-state index in [1.165, 1.54) is 65.4 Å². The van der Waals surface area contributed by atoms with E-state index < -0.39 is 0 Å². The van der Waals surface area contributed by atoms with Gasteiger partial charge in [0.1, 0.15) is 6.61 Å². The Bertz CT molecular complexity index is 1400. The lowest BCUT2D eigenvalue weighted by Crippen LogP contribution is -2.39. The highest BCUT2D eigenvalue weighted by molar-refractivity contribution is 6.07. The van der Waals surface area contributed by atoms with E-state index in [0.717, 1.165) is 51.2 Å². The molecule has 216 valence electrons. The van der Waals surface area contributed by atoms with Gasteiger partial charge in [-0.3, -0.25) is 0 Å². The van der Waals surface area contributed by atoms with Gasteiger partial charge >= 0.3 is 0 Å². The van der Waals surface area contributed by atoms with Crippen molar-refractivity contribution < 1.29 is 4.74 Å². The molecule has 2 atom stereocenters. The summed E-state index contributed by atoms with van der Waals surface area (Å²) in [6.07, 6.45) is 9.21. The van der Waals surface area contributed by atoms with E-state index in [9.17, 15) is 0 Å². The highest BCUT2D eigenvalue weighted by Crippen LogP contribution is 2.45. The van der Waals surface area contributed by atoms with Crippen molar-refractivity contribution in [2.75, 3.05) is 51.8 Å². The molecule has 2 heterocycles. The van der Waals surface area contributed by atoms with Crippen molar-refractivity contribution >= 4 is 22.2 Å². The van der Waals surface area contributed by atoms with Gasteiger partial charge in [-0.1, -0.05) is 30.3 Å². The second-order valence-corrected chi connectivity index (χ2v) is 12.6. The fourth-order valence-electron chi connectivity index (χ4n) is 6.95. The normalized spacial score (nSPS) is 25.2. The van der Waals surface area contributed by atoms with Crippen molar-refractivity contribution in [3.05, 3.63) is 65.7 Å². The van der Waals surface area contributed by atoms with Crippen LogP contribution in [0.1, 0.15) is 69.8 Å². The number of likely N-dealkylation sites (N-methyl/N-ethyl adjacent to an activating group) is 1. The third-order valence-corrected chi connectivity index (χ3v) is 9.70. The number of likely N-dealkylation sites (tertiary alicyclic amines) is 1. The summed E-state index contributed by atoms with van der Waals surface area (Å²) >= 11 is 0. The van der Waals surface area contributed by atoms with E-state index in [0.29, 0.717) is 30.4 Å². The zero-order valence-electron chi connectivity index (χ0n) is 25.3.